The number of H-pyrrole nitrogens is 1. The molecular weight excluding hydrogens is 342 g/mol. The Kier molecular flexibility index (Phi) is 4.84. The first kappa shape index (κ1) is 17.2. The first-order valence-electron chi connectivity index (χ1n) is 8.03. The Morgan fingerprint density at radius 3 is 3.04 bits per heavy atom. The van der Waals surface area contributed by atoms with E-state index in [1.54, 1.807) is 29.7 Å². The van der Waals surface area contributed by atoms with Crippen molar-refractivity contribution in [3.63, 3.8) is 0 Å². The second-order valence-corrected chi connectivity index (χ2v) is 6.18. The maximum atomic E-state index is 12.3. The fourth-order valence-electron chi connectivity index (χ4n) is 2.56. The fraction of sp³-hybridized carbons (Fsp3) is 0.375. The Balaban J connectivity index is 1.72. The van der Waals surface area contributed by atoms with Crippen molar-refractivity contribution in [2.75, 3.05) is 10.6 Å². The van der Waals surface area contributed by atoms with Gasteiger partial charge >= 0.3 is 0 Å². The Labute approximate surface area is 149 Å². The first-order chi connectivity index (χ1) is 12.0. The summed E-state index contributed by atoms with van der Waals surface area (Å²) in [5, 5.41) is 12.4. The number of aromatic nitrogens is 3. The van der Waals surface area contributed by atoms with Crippen LogP contribution in [0.25, 0.3) is 0 Å². The molecule has 2 amide bonds. The van der Waals surface area contributed by atoms with E-state index in [1.807, 2.05) is 6.92 Å². The average Bonchev–Trinajstić information content (AvgIpc) is 2.90. The second-order valence-electron chi connectivity index (χ2n) is 5.79. The van der Waals surface area contributed by atoms with Gasteiger partial charge in [-0.1, -0.05) is 6.92 Å². The molecule has 1 atom stereocenters. The van der Waals surface area contributed by atoms with Gasteiger partial charge in [-0.25, -0.2) is 0 Å². The molecule has 3 rings (SSSR count). The van der Waals surface area contributed by atoms with Gasteiger partial charge in [0, 0.05) is 12.1 Å². The van der Waals surface area contributed by atoms with Crippen molar-refractivity contribution < 1.29 is 14.3 Å². The molecule has 132 valence electrons. The standard InChI is InChI=1S/C16H19N5O3S/c1-3-4-13-19-20-16(25)21(13)8-14(22)17-10-5-6-12-11(7-10)18-15(23)9(2)24-12/h5-7,9H,3-4,8H2,1-2H3,(H,17,22)(H,18,23)(H,20,25)/t9-/m0/s1. The molecule has 25 heavy (non-hydrogen) atoms. The molecule has 1 aliphatic rings. The molecule has 2 aromatic rings. The quantitative estimate of drug-likeness (QED) is 0.709. The van der Waals surface area contributed by atoms with E-state index in [0.29, 0.717) is 21.9 Å². The molecule has 9 heteroatoms. The highest BCUT2D eigenvalue weighted by atomic mass is 32.1. The number of rotatable bonds is 5. The van der Waals surface area contributed by atoms with Crippen LogP contribution in [0.4, 0.5) is 11.4 Å². The third-order valence-electron chi connectivity index (χ3n) is 3.81. The number of carbonyl (C=O) groups is 2. The molecule has 0 bridgehead atoms. The number of carbonyl (C=O) groups excluding carboxylic acids is 2. The van der Waals surface area contributed by atoms with Gasteiger partial charge in [0.05, 0.1) is 5.69 Å². The summed E-state index contributed by atoms with van der Waals surface area (Å²) in [5.74, 6) is 0.881. The van der Waals surface area contributed by atoms with Crippen LogP contribution in [-0.4, -0.2) is 32.7 Å². The number of hydrogen-bond donors (Lipinski definition) is 3. The van der Waals surface area contributed by atoms with E-state index in [-0.39, 0.29) is 18.4 Å². The van der Waals surface area contributed by atoms with E-state index < -0.39 is 6.10 Å². The average molecular weight is 361 g/mol. The normalized spacial score (nSPS) is 15.9. The predicted octanol–water partition coefficient (Wildman–Crippen LogP) is 2.25. The molecule has 1 aliphatic heterocycles. The molecule has 2 heterocycles. The van der Waals surface area contributed by atoms with Crippen molar-refractivity contribution in [1.82, 2.24) is 14.8 Å². The lowest BCUT2D eigenvalue weighted by molar-refractivity contribution is -0.122. The predicted molar refractivity (Wildman–Crippen MR) is 95.2 cm³/mol. The summed E-state index contributed by atoms with van der Waals surface area (Å²) in [6, 6.07) is 5.11. The van der Waals surface area contributed by atoms with Crippen LogP contribution in [0.3, 0.4) is 0 Å². The Hall–Kier alpha value is -2.68. The molecular formula is C16H19N5O3S. The third-order valence-corrected chi connectivity index (χ3v) is 4.12. The van der Waals surface area contributed by atoms with Crippen molar-refractivity contribution in [3.8, 4) is 5.75 Å². The van der Waals surface area contributed by atoms with Crippen molar-refractivity contribution in [2.24, 2.45) is 0 Å². The zero-order valence-corrected chi connectivity index (χ0v) is 14.8. The smallest absolute Gasteiger partial charge is 0.265 e. The van der Waals surface area contributed by atoms with Gasteiger partial charge in [-0.2, -0.15) is 5.10 Å². The number of nitrogens with one attached hydrogen (secondary N) is 3. The fourth-order valence-corrected chi connectivity index (χ4v) is 2.77. The number of fused-ring (bicyclic) bond motifs is 1. The van der Waals surface area contributed by atoms with Crippen LogP contribution in [-0.2, 0) is 22.6 Å². The molecule has 0 aliphatic carbocycles. The zero-order chi connectivity index (χ0) is 18.0. The van der Waals surface area contributed by atoms with Crippen LogP contribution in [0, 0.1) is 4.77 Å². The monoisotopic (exact) mass is 361 g/mol. The maximum absolute atomic E-state index is 12.3. The van der Waals surface area contributed by atoms with E-state index in [1.165, 1.54) is 0 Å². The Morgan fingerprint density at radius 1 is 1.48 bits per heavy atom. The molecule has 1 aromatic carbocycles. The SMILES string of the molecule is CCCc1n[nH]c(=S)n1CC(=O)Nc1ccc2c(c1)NC(=O)[C@H](C)O2. The van der Waals surface area contributed by atoms with E-state index in [2.05, 4.69) is 20.8 Å². The maximum Gasteiger partial charge on any atom is 0.265 e. The van der Waals surface area contributed by atoms with E-state index in [0.717, 1.165) is 18.7 Å². The van der Waals surface area contributed by atoms with E-state index >= 15 is 0 Å². The largest absolute Gasteiger partial charge is 0.479 e. The molecule has 1 aromatic heterocycles. The van der Waals surface area contributed by atoms with Crippen LogP contribution in [0.5, 0.6) is 5.75 Å². The minimum atomic E-state index is -0.534. The van der Waals surface area contributed by atoms with Gasteiger partial charge in [0.2, 0.25) is 5.91 Å². The van der Waals surface area contributed by atoms with Gasteiger partial charge in [0.1, 0.15) is 18.1 Å². The summed E-state index contributed by atoms with van der Waals surface area (Å²) in [6.07, 6.45) is 1.11. The summed E-state index contributed by atoms with van der Waals surface area (Å²) < 4.78 is 7.59. The molecule has 0 saturated heterocycles. The van der Waals surface area contributed by atoms with Crippen molar-refractivity contribution in [1.29, 1.82) is 0 Å². The minimum absolute atomic E-state index is 0.0711. The highest BCUT2D eigenvalue weighted by molar-refractivity contribution is 7.71. The van der Waals surface area contributed by atoms with E-state index in [4.69, 9.17) is 17.0 Å². The molecule has 8 nitrogen and oxygen atoms in total. The lowest BCUT2D eigenvalue weighted by atomic mass is 10.2. The summed E-state index contributed by atoms with van der Waals surface area (Å²) >= 11 is 5.17. The Bertz CT molecular complexity index is 873. The van der Waals surface area contributed by atoms with Crippen LogP contribution in [0.15, 0.2) is 18.2 Å². The highest BCUT2D eigenvalue weighted by Gasteiger charge is 2.23. The van der Waals surface area contributed by atoms with Gasteiger partial charge in [0.25, 0.3) is 5.91 Å². The summed E-state index contributed by atoms with van der Waals surface area (Å²) in [5.41, 5.74) is 1.10. The number of hydrogen-bond acceptors (Lipinski definition) is 5. The summed E-state index contributed by atoms with van der Waals surface area (Å²) in [7, 11) is 0. The number of amides is 2. The number of aromatic amines is 1. The van der Waals surface area contributed by atoms with Gasteiger partial charge in [-0.15, -0.1) is 0 Å². The number of benzene rings is 1. The van der Waals surface area contributed by atoms with Crippen LogP contribution >= 0.6 is 12.2 Å². The van der Waals surface area contributed by atoms with Gasteiger partial charge in [-0.05, 0) is 43.8 Å². The van der Waals surface area contributed by atoms with Crippen molar-refractivity contribution in [3.05, 3.63) is 28.8 Å². The van der Waals surface area contributed by atoms with Crippen molar-refractivity contribution in [2.45, 2.75) is 39.3 Å². The number of anilines is 2. The molecule has 0 spiro atoms. The Morgan fingerprint density at radius 2 is 2.28 bits per heavy atom. The second kappa shape index (κ2) is 7.06. The van der Waals surface area contributed by atoms with Crippen molar-refractivity contribution >= 4 is 35.4 Å². The van der Waals surface area contributed by atoms with Crippen LogP contribution < -0.4 is 15.4 Å². The molecule has 0 fully saturated rings. The zero-order valence-electron chi connectivity index (χ0n) is 14.0. The van der Waals surface area contributed by atoms with Crippen LogP contribution in [0.2, 0.25) is 0 Å². The van der Waals surface area contributed by atoms with E-state index in [9.17, 15) is 9.59 Å². The molecule has 0 saturated carbocycles. The van der Waals surface area contributed by atoms with Gasteiger partial charge in [-0.3, -0.25) is 19.3 Å². The topological polar surface area (TPSA) is 101 Å². The number of aryl methyl sites for hydroxylation is 1. The summed E-state index contributed by atoms with van der Waals surface area (Å²) in [4.78, 5) is 24.0. The van der Waals surface area contributed by atoms with Gasteiger partial charge < -0.3 is 15.4 Å². The lowest BCUT2D eigenvalue weighted by Crippen LogP contribution is -2.34. The molecule has 0 unspecified atom stereocenters. The lowest BCUT2D eigenvalue weighted by Gasteiger charge is -2.23. The number of ether oxygens (including phenoxy) is 1. The third kappa shape index (κ3) is 3.71. The first-order valence-corrected chi connectivity index (χ1v) is 8.44. The van der Waals surface area contributed by atoms with Crippen LogP contribution in [0.1, 0.15) is 26.1 Å². The molecule has 0 radical (unpaired) electrons. The highest BCUT2D eigenvalue weighted by Crippen LogP contribution is 2.32. The minimum Gasteiger partial charge on any atom is -0.479 e. The summed E-state index contributed by atoms with van der Waals surface area (Å²) in [6.45, 7) is 3.78. The molecule has 3 N–H and O–H groups in total. The number of nitrogens with zero attached hydrogens (tertiary/aromatic N) is 2. The van der Waals surface area contributed by atoms with Gasteiger partial charge in [0.15, 0.2) is 10.9 Å².